The summed E-state index contributed by atoms with van der Waals surface area (Å²) in [7, 11) is 1.72. The van der Waals surface area contributed by atoms with E-state index in [0.29, 0.717) is 25.7 Å². The quantitative estimate of drug-likeness (QED) is 0.602. The summed E-state index contributed by atoms with van der Waals surface area (Å²) in [6, 6.07) is 6.40. The van der Waals surface area contributed by atoms with Crippen molar-refractivity contribution in [3.05, 3.63) is 29.3 Å². The van der Waals surface area contributed by atoms with Crippen molar-refractivity contribution in [2.45, 2.75) is 33.1 Å². The fourth-order valence-electron chi connectivity index (χ4n) is 2.12. The van der Waals surface area contributed by atoms with E-state index in [-0.39, 0.29) is 0 Å². The first-order chi connectivity index (χ1) is 10.6. The van der Waals surface area contributed by atoms with Crippen molar-refractivity contribution < 1.29 is 14.2 Å². The van der Waals surface area contributed by atoms with Gasteiger partial charge < -0.3 is 19.5 Å². The van der Waals surface area contributed by atoms with E-state index in [1.807, 2.05) is 0 Å². The normalized spacial score (nSPS) is 11.1. The van der Waals surface area contributed by atoms with Crippen molar-refractivity contribution in [1.29, 1.82) is 0 Å². The molecule has 1 aromatic carbocycles. The largest absolute Gasteiger partial charge is 0.491 e. The zero-order valence-corrected chi connectivity index (χ0v) is 14.5. The van der Waals surface area contributed by atoms with Crippen molar-refractivity contribution in [3.8, 4) is 5.75 Å². The van der Waals surface area contributed by atoms with Crippen LogP contribution in [-0.4, -0.2) is 46.6 Å². The number of hydrogen-bond acceptors (Lipinski definition) is 4. The molecule has 0 heterocycles. The lowest BCUT2D eigenvalue weighted by Crippen LogP contribution is -2.22. The molecular weight excluding hydrogens is 278 g/mol. The summed E-state index contributed by atoms with van der Waals surface area (Å²) in [5.41, 5.74) is 2.55. The zero-order chi connectivity index (χ0) is 16.2. The monoisotopic (exact) mass is 309 g/mol. The highest BCUT2D eigenvalue weighted by Gasteiger charge is 2.03. The van der Waals surface area contributed by atoms with Crippen molar-refractivity contribution >= 4 is 0 Å². The van der Waals surface area contributed by atoms with Gasteiger partial charge in [-0.3, -0.25) is 0 Å². The maximum Gasteiger partial charge on any atom is 0.119 e. The van der Waals surface area contributed by atoms with Crippen molar-refractivity contribution in [2.24, 2.45) is 0 Å². The Labute approximate surface area is 135 Å². The second kappa shape index (κ2) is 11.5. The van der Waals surface area contributed by atoms with E-state index in [9.17, 15) is 0 Å². The predicted octanol–water partition coefficient (Wildman–Crippen LogP) is 3.14. The van der Waals surface area contributed by atoms with Crippen LogP contribution in [0.15, 0.2) is 18.2 Å². The van der Waals surface area contributed by atoms with Crippen LogP contribution < -0.4 is 10.1 Å². The molecular formula is C18H31NO3. The van der Waals surface area contributed by atoms with Crippen molar-refractivity contribution in [3.63, 3.8) is 0 Å². The molecule has 22 heavy (non-hydrogen) atoms. The Morgan fingerprint density at radius 3 is 2.55 bits per heavy atom. The van der Waals surface area contributed by atoms with E-state index in [1.54, 1.807) is 7.11 Å². The third-order valence-electron chi connectivity index (χ3n) is 3.36. The Bertz CT molecular complexity index is 407. The Morgan fingerprint density at radius 2 is 1.82 bits per heavy atom. The Kier molecular flexibility index (Phi) is 9.87. The summed E-state index contributed by atoms with van der Waals surface area (Å²) in [6.07, 6.45) is 1.03. The molecule has 4 nitrogen and oxygen atoms in total. The summed E-state index contributed by atoms with van der Waals surface area (Å²) < 4.78 is 16.3. The zero-order valence-electron chi connectivity index (χ0n) is 14.5. The van der Waals surface area contributed by atoms with E-state index in [1.165, 1.54) is 11.1 Å². The van der Waals surface area contributed by atoms with Crippen LogP contribution in [-0.2, 0) is 9.47 Å². The molecule has 1 aromatic rings. The topological polar surface area (TPSA) is 39.7 Å². The molecule has 0 saturated carbocycles. The molecule has 0 aromatic heterocycles. The molecule has 0 saturated heterocycles. The molecule has 0 aliphatic heterocycles. The number of rotatable bonds is 12. The van der Waals surface area contributed by atoms with Crippen LogP contribution in [0.4, 0.5) is 0 Å². The first-order valence-electron chi connectivity index (χ1n) is 8.15. The number of methoxy groups -OCH3 is 1. The van der Waals surface area contributed by atoms with Gasteiger partial charge in [-0.15, -0.1) is 0 Å². The lowest BCUT2D eigenvalue weighted by molar-refractivity contribution is 0.101. The molecule has 0 atom stereocenters. The lowest BCUT2D eigenvalue weighted by Gasteiger charge is -2.12. The molecule has 0 unspecified atom stereocenters. The smallest absolute Gasteiger partial charge is 0.119 e. The molecule has 1 N–H and O–H groups in total. The summed E-state index contributed by atoms with van der Waals surface area (Å²) in [5, 5.41) is 3.31. The maximum atomic E-state index is 5.78. The summed E-state index contributed by atoms with van der Waals surface area (Å²) in [6.45, 7) is 11.0. The first-order valence-corrected chi connectivity index (χ1v) is 8.15. The van der Waals surface area contributed by atoms with E-state index in [2.05, 4.69) is 44.3 Å². The van der Waals surface area contributed by atoms with Crippen molar-refractivity contribution in [2.75, 3.05) is 46.6 Å². The highest BCUT2D eigenvalue weighted by Crippen LogP contribution is 2.22. The van der Waals surface area contributed by atoms with Gasteiger partial charge in [-0.25, -0.2) is 0 Å². The lowest BCUT2D eigenvalue weighted by atomic mass is 10.0. The van der Waals surface area contributed by atoms with Gasteiger partial charge in [0.05, 0.1) is 13.2 Å². The molecule has 0 bridgehead atoms. The summed E-state index contributed by atoms with van der Waals surface area (Å²) in [5.74, 6) is 1.45. The Morgan fingerprint density at radius 1 is 1.00 bits per heavy atom. The van der Waals surface area contributed by atoms with Gasteiger partial charge >= 0.3 is 0 Å². The second-order valence-corrected chi connectivity index (χ2v) is 5.79. The first kappa shape index (κ1) is 18.9. The minimum absolute atomic E-state index is 0.516. The standard InChI is InChI=1S/C18H31NO3/c1-15(2)17-12-16(3)13-18(14-17)22-11-10-21-9-7-19-6-5-8-20-4/h12-15,19H,5-11H2,1-4H3. The molecule has 1 rings (SSSR count). The van der Waals surface area contributed by atoms with Gasteiger partial charge in [0.15, 0.2) is 0 Å². The molecule has 0 spiro atoms. The summed E-state index contributed by atoms with van der Waals surface area (Å²) in [4.78, 5) is 0. The molecule has 0 aliphatic rings. The fourth-order valence-corrected chi connectivity index (χ4v) is 2.12. The van der Waals surface area contributed by atoms with Gasteiger partial charge in [0, 0.05) is 20.3 Å². The number of aryl methyl sites for hydroxylation is 1. The summed E-state index contributed by atoms with van der Waals surface area (Å²) >= 11 is 0. The third-order valence-corrected chi connectivity index (χ3v) is 3.36. The Balaban J connectivity index is 2.10. The van der Waals surface area contributed by atoms with Gasteiger partial charge in [-0.05, 0) is 49.1 Å². The number of benzene rings is 1. The van der Waals surface area contributed by atoms with Gasteiger partial charge in [0.25, 0.3) is 0 Å². The molecule has 0 aliphatic carbocycles. The highest BCUT2D eigenvalue weighted by atomic mass is 16.5. The predicted molar refractivity (Wildman–Crippen MR) is 90.9 cm³/mol. The minimum Gasteiger partial charge on any atom is -0.491 e. The molecule has 0 fully saturated rings. The van der Waals surface area contributed by atoms with Crippen molar-refractivity contribution in [1.82, 2.24) is 5.32 Å². The van der Waals surface area contributed by atoms with E-state index >= 15 is 0 Å². The van der Waals surface area contributed by atoms with Crippen LogP contribution in [0.3, 0.4) is 0 Å². The number of ether oxygens (including phenoxy) is 3. The van der Waals surface area contributed by atoms with Crippen LogP contribution in [0.2, 0.25) is 0 Å². The average molecular weight is 309 g/mol. The van der Waals surface area contributed by atoms with Crippen LogP contribution in [0, 0.1) is 6.92 Å². The Hall–Kier alpha value is -1.10. The van der Waals surface area contributed by atoms with Crippen LogP contribution in [0.1, 0.15) is 37.3 Å². The van der Waals surface area contributed by atoms with E-state index < -0.39 is 0 Å². The molecule has 4 heteroatoms. The average Bonchev–Trinajstić information content (AvgIpc) is 2.48. The third kappa shape index (κ3) is 8.37. The van der Waals surface area contributed by atoms with Crippen LogP contribution >= 0.6 is 0 Å². The van der Waals surface area contributed by atoms with Gasteiger partial charge in [-0.1, -0.05) is 19.9 Å². The van der Waals surface area contributed by atoms with E-state index in [0.717, 1.165) is 31.9 Å². The highest BCUT2D eigenvalue weighted by molar-refractivity contribution is 5.35. The molecule has 0 radical (unpaired) electrons. The fraction of sp³-hybridized carbons (Fsp3) is 0.667. The van der Waals surface area contributed by atoms with Gasteiger partial charge in [-0.2, -0.15) is 0 Å². The maximum absolute atomic E-state index is 5.78. The van der Waals surface area contributed by atoms with Gasteiger partial charge in [0.2, 0.25) is 0 Å². The van der Waals surface area contributed by atoms with Crippen LogP contribution in [0.5, 0.6) is 5.75 Å². The number of hydrogen-bond donors (Lipinski definition) is 1. The van der Waals surface area contributed by atoms with Gasteiger partial charge in [0.1, 0.15) is 12.4 Å². The van der Waals surface area contributed by atoms with E-state index in [4.69, 9.17) is 14.2 Å². The molecule has 126 valence electrons. The van der Waals surface area contributed by atoms with Crippen LogP contribution in [0.25, 0.3) is 0 Å². The minimum atomic E-state index is 0.516. The molecule has 0 amide bonds. The number of nitrogens with one attached hydrogen (secondary N) is 1. The second-order valence-electron chi connectivity index (χ2n) is 5.79. The SMILES string of the molecule is COCCCNCCOCCOc1cc(C)cc(C(C)C)c1.